The maximum Gasteiger partial charge on any atom is 0.238 e. The zero-order valence-electron chi connectivity index (χ0n) is 13.0. The maximum absolute atomic E-state index is 11.6. The Balaban J connectivity index is 2.05. The number of anilines is 1. The molecule has 0 fully saturated rings. The highest BCUT2D eigenvalue weighted by Crippen LogP contribution is 2.42. The number of likely N-dealkylation sites (N-methyl/N-ethyl adjacent to an activating group) is 1. The summed E-state index contributed by atoms with van der Waals surface area (Å²) in [5.74, 6) is 1.10. The predicted molar refractivity (Wildman–Crippen MR) is 84.5 cm³/mol. The van der Waals surface area contributed by atoms with Crippen LogP contribution < -0.4 is 5.32 Å². The van der Waals surface area contributed by atoms with Crippen LogP contribution in [0.1, 0.15) is 43.6 Å². The molecule has 0 aliphatic carbocycles. The molecule has 2 heterocycles. The summed E-state index contributed by atoms with van der Waals surface area (Å²) >= 11 is 0. The lowest BCUT2D eigenvalue weighted by Gasteiger charge is -2.33. The number of carbonyl (C=O) groups is 1. The normalized spacial score (nSPS) is 21.4. The number of amides is 1. The van der Waals surface area contributed by atoms with E-state index in [1.54, 1.807) is 0 Å². The zero-order chi connectivity index (χ0) is 15.9. The van der Waals surface area contributed by atoms with Gasteiger partial charge >= 0.3 is 0 Å². The number of rotatable bonds is 2. The second-order valence-electron chi connectivity index (χ2n) is 5.99. The van der Waals surface area contributed by atoms with Crippen LogP contribution in [0.5, 0.6) is 0 Å². The highest BCUT2D eigenvalue weighted by Gasteiger charge is 2.31. The minimum absolute atomic E-state index is 0.141. The Morgan fingerprint density at radius 1 is 1.50 bits per heavy atom. The van der Waals surface area contributed by atoms with Gasteiger partial charge in [-0.05, 0) is 32.2 Å². The summed E-state index contributed by atoms with van der Waals surface area (Å²) in [5, 5.41) is 12.4. The molecule has 114 valence electrons. The van der Waals surface area contributed by atoms with Gasteiger partial charge in [-0.1, -0.05) is 6.92 Å². The van der Waals surface area contributed by atoms with Crippen molar-refractivity contribution in [3.05, 3.63) is 29.5 Å². The molecule has 0 saturated carbocycles. The first-order chi connectivity index (χ1) is 10.5. The first-order valence-corrected chi connectivity index (χ1v) is 7.44. The molecule has 2 atom stereocenters. The average Bonchev–Trinajstić information content (AvgIpc) is 2.84. The summed E-state index contributed by atoms with van der Waals surface area (Å²) in [6, 6.07) is 7.76. The van der Waals surface area contributed by atoms with E-state index >= 15 is 0 Å². The molecule has 1 aliphatic heterocycles. The second-order valence-corrected chi connectivity index (χ2v) is 5.99. The summed E-state index contributed by atoms with van der Waals surface area (Å²) in [6.45, 7) is 5.31. The molecule has 1 N–H and O–H groups in total. The van der Waals surface area contributed by atoms with Crippen LogP contribution >= 0.6 is 0 Å². The third kappa shape index (κ3) is 2.36. The molecule has 0 radical (unpaired) electrons. The highest BCUT2D eigenvalue weighted by atomic mass is 16.3. The van der Waals surface area contributed by atoms with Crippen LogP contribution in [0.25, 0.3) is 11.0 Å². The van der Waals surface area contributed by atoms with Crippen LogP contribution in [0.15, 0.2) is 22.6 Å². The molecular weight excluding hydrogens is 278 g/mol. The smallest absolute Gasteiger partial charge is 0.238 e. The van der Waals surface area contributed by atoms with Crippen molar-refractivity contribution in [2.75, 3.05) is 18.9 Å². The number of benzene rings is 1. The van der Waals surface area contributed by atoms with Crippen molar-refractivity contribution in [2.45, 2.75) is 32.2 Å². The molecule has 22 heavy (non-hydrogen) atoms. The molecule has 1 amide bonds. The van der Waals surface area contributed by atoms with E-state index in [1.165, 1.54) is 5.56 Å². The second kappa shape index (κ2) is 5.47. The Morgan fingerprint density at radius 2 is 2.27 bits per heavy atom. The quantitative estimate of drug-likeness (QED) is 0.922. The molecule has 3 rings (SSSR count). The molecular formula is C17H19N3O2. The highest BCUT2D eigenvalue weighted by molar-refractivity contribution is 5.95. The number of nitrogens with one attached hydrogen (secondary N) is 1. The van der Waals surface area contributed by atoms with E-state index in [2.05, 4.69) is 31.1 Å². The van der Waals surface area contributed by atoms with Crippen molar-refractivity contribution >= 4 is 22.6 Å². The van der Waals surface area contributed by atoms with E-state index in [4.69, 9.17) is 9.68 Å². The number of nitriles is 1. The largest absolute Gasteiger partial charge is 0.460 e. The molecule has 5 nitrogen and oxygen atoms in total. The summed E-state index contributed by atoms with van der Waals surface area (Å²) in [5.41, 5.74) is 2.74. The maximum atomic E-state index is 11.6. The first kappa shape index (κ1) is 14.6. The molecule has 5 heteroatoms. The van der Waals surface area contributed by atoms with Gasteiger partial charge in [0.1, 0.15) is 17.8 Å². The summed E-state index contributed by atoms with van der Waals surface area (Å²) in [7, 11) is 2.11. The van der Waals surface area contributed by atoms with Gasteiger partial charge < -0.3 is 9.73 Å². The predicted octanol–water partition coefficient (Wildman–Crippen LogP) is 3.39. The van der Waals surface area contributed by atoms with Gasteiger partial charge in [0, 0.05) is 35.1 Å². The molecule has 2 aromatic rings. The van der Waals surface area contributed by atoms with E-state index in [9.17, 15) is 4.79 Å². The lowest BCUT2D eigenvalue weighted by molar-refractivity contribution is -0.115. The standard InChI is InChI=1S/C17H19N3O2/c1-10-9-20(3)11(2)16-13-8-12(19-15(21)6-7-18)4-5-14(13)22-17(10)16/h4-5,8,10-11H,6,9H2,1-3H3,(H,19,21). The lowest BCUT2D eigenvalue weighted by atomic mass is 9.92. The molecule has 0 spiro atoms. The minimum Gasteiger partial charge on any atom is -0.460 e. The van der Waals surface area contributed by atoms with Crippen molar-refractivity contribution in [3.8, 4) is 6.07 Å². The van der Waals surface area contributed by atoms with Gasteiger partial charge in [-0.3, -0.25) is 9.69 Å². The van der Waals surface area contributed by atoms with Gasteiger partial charge in [0.2, 0.25) is 5.91 Å². The first-order valence-electron chi connectivity index (χ1n) is 7.44. The lowest BCUT2D eigenvalue weighted by Crippen LogP contribution is -2.31. The topological polar surface area (TPSA) is 69.3 Å². The van der Waals surface area contributed by atoms with E-state index in [1.807, 2.05) is 24.3 Å². The molecule has 1 aromatic heterocycles. The van der Waals surface area contributed by atoms with Crippen molar-refractivity contribution in [3.63, 3.8) is 0 Å². The number of furan rings is 1. The Bertz CT molecular complexity index is 772. The Labute approximate surface area is 129 Å². The van der Waals surface area contributed by atoms with Crippen LogP contribution in [-0.2, 0) is 4.79 Å². The Kier molecular flexibility index (Phi) is 3.63. The van der Waals surface area contributed by atoms with Gasteiger partial charge in [0.25, 0.3) is 0 Å². The van der Waals surface area contributed by atoms with Crippen molar-refractivity contribution in [1.82, 2.24) is 4.90 Å². The van der Waals surface area contributed by atoms with Gasteiger partial charge in [0.15, 0.2) is 0 Å². The zero-order valence-corrected chi connectivity index (χ0v) is 13.0. The number of nitrogens with zero attached hydrogens (tertiary/aromatic N) is 2. The number of hydrogen-bond donors (Lipinski definition) is 1. The average molecular weight is 297 g/mol. The van der Waals surface area contributed by atoms with Crippen LogP contribution in [-0.4, -0.2) is 24.4 Å². The van der Waals surface area contributed by atoms with Gasteiger partial charge in [-0.2, -0.15) is 5.26 Å². The monoisotopic (exact) mass is 297 g/mol. The summed E-state index contributed by atoms with van der Waals surface area (Å²) < 4.78 is 6.04. The molecule has 0 bridgehead atoms. The van der Waals surface area contributed by atoms with E-state index < -0.39 is 0 Å². The van der Waals surface area contributed by atoms with Gasteiger partial charge in [-0.25, -0.2) is 0 Å². The molecule has 1 aliphatic rings. The van der Waals surface area contributed by atoms with Crippen molar-refractivity contribution in [1.29, 1.82) is 5.26 Å². The van der Waals surface area contributed by atoms with Crippen LogP contribution in [0, 0.1) is 11.3 Å². The molecule has 0 saturated heterocycles. The molecule has 1 aromatic carbocycles. The number of fused-ring (bicyclic) bond motifs is 3. The van der Waals surface area contributed by atoms with E-state index in [0.29, 0.717) is 11.6 Å². The fourth-order valence-electron chi connectivity index (χ4n) is 3.18. The van der Waals surface area contributed by atoms with Crippen molar-refractivity contribution in [2.24, 2.45) is 0 Å². The van der Waals surface area contributed by atoms with Crippen LogP contribution in [0.2, 0.25) is 0 Å². The summed E-state index contributed by atoms with van der Waals surface area (Å²) in [6.07, 6.45) is -0.141. The van der Waals surface area contributed by atoms with E-state index in [-0.39, 0.29) is 18.4 Å². The minimum atomic E-state index is -0.294. The fourth-order valence-corrected chi connectivity index (χ4v) is 3.18. The Hall–Kier alpha value is -2.32. The van der Waals surface area contributed by atoms with Crippen molar-refractivity contribution < 1.29 is 9.21 Å². The third-order valence-corrected chi connectivity index (χ3v) is 4.37. The number of hydrogen-bond acceptors (Lipinski definition) is 4. The van der Waals surface area contributed by atoms with E-state index in [0.717, 1.165) is 23.3 Å². The number of carbonyl (C=O) groups excluding carboxylic acids is 1. The fraction of sp³-hybridized carbons (Fsp3) is 0.412. The molecule has 2 unspecified atom stereocenters. The van der Waals surface area contributed by atoms with Crippen LogP contribution in [0.4, 0.5) is 5.69 Å². The van der Waals surface area contributed by atoms with Crippen LogP contribution in [0.3, 0.4) is 0 Å². The summed E-state index contributed by atoms with van der Waals surface area (Å²) in [4.78, 5) is 13.9. The SMILES string of the molecule is CC1CN(C)C(C)c2c1oc1ccc(NC(=O)CC#N)cc21. The Morgan fingerprint density at radius 3 is 3.00 bits per heavy atom. The third-order valence-electron chi connectivity index (χ3n) is 4.37. The van der Waals surface area contributed by atoms with Gasteiger partial charge in [-0.15, -0.1) is 0 Å². The van der Waals surface area contributed by atoms with Gasteiger partial charge in [0.05, 0.1) is 6.07 Å².